The zero-order valence-electron chi connectivity index (χ0n) is 20.5. The third kappa shape index (κ3) is 7.29. The number of rotatable bonds is 9. The summed E-state index contributed by atoms with van der Waals surface area (Å²) in [5, 5.41) is 3.60. The minimum Gasteiger partial charge on any atom is -0.352 e. The lowest BCUT2D eigenvalue weighted by Crippen LogP contribution is -2.52. The van der Waals surface area contributed by atoms with Crippen LogP contribution in [0.2, 0.25) is 5.02 Å². The second-order valence-electron chi connectivity index (χ2n) is 9.25. The summed E-state index contributed by atoms with van der Waals surface area (Å²) in [6.45, 7) is 3.29. The van der Waals surface area contributed by atoms with Gasteiger partial charge >= 0.3 is 0 Å². The largest absolute Gasteiger partial charge is 0.352 e. The number of hydrogen-bond acceptors (Lipinski definition) is 4. The van der Waals surface area contributed by atoms with Crippen LogP contribution in [0.1, 0.15) is 50.2 Å². The Balaban J connectivity index is 1.79. The van der Waals surface area contributed by atoms with E-state index in [0.29, 0.717) is 5.02 Å². The van der Waals surface area contributed by atoms with Gasteiger partial charge in [0.25, 0.3) is 0 Å². The molecule has 9 heteroatoms. The van der Waals surface area contributed by atoms with Crippen LogP contribution in [-0.2, 0) is 26.2 Å². The second-order valence-corrected chi connectivity index (χ2v) is 11.7. The van der Waals surface area contributed by atoms with E-state index >= 15 is 0 Å². The van der Waals surface area contributed by atoms with Crippen molar-refractivity contribution in [3.63, 3.8) is 0 Å². The maximum absolute atomic E-state index is 13.4. The van der Waals surface area contributed by atoms with Gasteiger partial charge in [-0.15, -0.1) is 0 Å². The van der Waals surface area contributed by atoms with Gasteiger partial charge in [0.15, 0.2) is 0 Å². The van der Waals surface area contributed by atoms with Gasteiger partial charge in [0, 0.05) is 24.7 Å². The molecule has 2 amide bonds. The van der Waals surface area contributed by atoms with E-state index in [4.69, 9.17) is 11.6 Å². The highest BCUT2D eigenvalue weighted by atomic mass is 35.5. The third-order valence-corrected chi connectivity index (χ3v) is 8.50. The van der Waals surface area contributed by atoms with Crippen LogP contribution in [0.4, 0.5) is 0 Å². The van der Waals surface area contributed by atoms with Gasteiger partial charge in [0.1, 0.15) is 6.04 Å². The summed E-state index contributed by atoms with van der Waals surface area (Å²) in [5.74, 6) is -0.703. The first kappa shape index (κ1) is 27.2. The average Bonchev–Trinajstić information content (AvgIpc) is 2.83. The van der Waals surface area contributed by atoms with Crippen molar-refractivity contribution < 1.29 is 18.0 Å². The lowest BCUT2D eigenvalue weighted by Gasteiger charge is -2.32. The number of amides is 2. The zero-order valence-corrected chi connectivity index (χ0v) is 22.1. The Kier molecular flexibility index (Phi) is 9.33. The predicted octanol–water partition coefficient (Wildman–Crippen LogP) is 4.14. The van der Waals surface area contributed by atoms with Gasteiger partial charge < -0.3 is 10.2 Å². The molecule has 0 aliphatic heterocycles. The molecule has 1 aliphatic rings. The lowest BCUT2D eigenvalue weighted by molar-refractivity contribution is -0.141. The minimum atomic E-state index is -3.87. The van der Waals surface area contributed by atoms with E-state index in [0.717, 1.165) is 41.1 Å². The van der Waals surface area contributed by atoms with Crippen molar-refractivity contribution in [1.29, 1.82) is 0 Å². The van der Waals surface area contributed by atoms with Crippen LogP contribution in [0.15, 0.2) is 53.4 Å². The molecule has 0 saturated heterocycles. The molecule has 1 aliphatic carbocycles. The van der Waals surface area contributed by atoms with Crippen LogP contribution in [0, 0.1) is 6.92 Å². The number of sulfonamides is 1. The number of nitrogens with zero attached hydrogens (tertiary/aromatic N) is 2. The van der Waals surface area contributed by atoms with E-state index in [9.17, 15) is 18.0 Å². The molecule has 190 valence electrons. The molecular weight excluding hydrogens is 486 g/mol. The lowest BCUT2D eigenvalue weighted by atomic mass is 9.95. The first-order valence-electron chi connectivity index (χ1n) is 11.9. The number of likely N-dealkylation sites (N-methyl/N-ethyl adjacent to an activating group) is 1. The highest BCUT2D eigenvalue weighted by Crippen LogP contribution is 2.20. The summed E-state index contributed by atoms with van der Waals surface area (Å²) in [5.41, 5.74) is 1.69. The van der Waals surface area contributed by atoms with Crippen molar-refractivity contribution in [2.45, 2.75) is 69.5 Å². The molecule has 1 fully saturated rings. The molecule has 1 unspecified atom stereocenters. The van der Waals surface area contributed by atoms with Crippen molar-refractivity contribution in [3.05, 3.63) is 64.7 Å². The van der Waals surface area contributed by atoms with E-state index in [2.05, 4.69) is 5.32 Å². The predicted molar refractivity (Wildman–Crippen MR) is 137 cm³/mol. The molecule has 0 bridgehead atoms. The highest BCUT2D eigenvalue weighted by Gasteiger charge is 2.31. The second kappa shape index (κ2) is 12.0. The van der Waals surface area contributed by atoms with Crippen LogP contribution in [0.5, 0.6) is 0 Å². The number of benzene rings is 2. The Morgan fingerprint density at radius 2 is 1.74 bits per heavy atom. The van der Waals surface area contributed by atoms with Crippen molar-refractivity contribution in [2.24, 2.45) is 0 Å². The normalized spacial score (nSPS) is 15.6. The van der Waals surface area contributed by atoms with E-state index in [1.54, 1.807) is 37.3 Å². The fourth-order valence-corrected chi connectivity index (χ4v) is 5.57. The molecule has 2 aromatic rings. The number of halogens is 1. The van der Waals surface area contributed by atoms with E-state index < -0.39 is 28.5 Å². The van der Waals surface area contributed by atoms with Crippen LogP contribution in [0.25, 0.3) is 0 Å². The molecule has 3 rings (SSSR count). The number of nitrogens with one attached hydrogen (secondary N) is 1. The van der Waals surface area contributed by atoms with Gasteiger partial charge in [-0.1, -0.05) is 60.7 Å². The Hall–Kier alpha value is -2.42. The topological polar surface area (TPSA) is 86.8 Å². The van der Waals surface area contributed by atoms with Crippen LogP contribution in [0.3, 0.4) is 0 Å². The zero-order chi connectivity index (χ0) is 25.6. The number of aryl methyl sites for hydroxylation is 1. The molecule has 7 nitrogen and oxygen atoms in total. The standard InChI is InChI=1S/C26H34ClN3O4S/c1-19-12-14-24(15-13-19)35(33,34)29(3)18-25(31)30(17-21-8-7-9-22(27)16-21)20(2)26(32)28-23-10-5-4-6-11-23/h7-9,12-16,20,23H,4-6,10-11,17-18H2,1-3H3,(H,28,32). The van der Waals surface area contributed by atoms with Gasteiger partial charge in [-0.3, -0.25) is 9.59 Å². The van der Waals surface area contributed by atoms with E-state index in [1.807, 2.05) is 13.0 Å². The first-order valence-corrected chi connectivity index (χ1v) is 13.8. The molecule has 1 atom stereocenters. The van der Waals surface area contributed by atoms with Crippen LogP contribution in [-0.4, -0.2) is 55.1 Å². The maximum atomic E-state index is 13.4. The Labute approximate surface area is 213 Å². The van der Waals surface area contributed by atoms with Crippen LogP contribution >= 0.6 is 11.6 Å². The van der Waals surface area contributed by atoms with Crippen molar-refractivity contribution in [2.75, 3.05) is 13.6 Å². The molecule has 1 N–H and O–H groups in total. The van der Waals surface area contributed by atoms with Gasteiger partial charge in [-0.05, 0) is 56.5 Å². The fourth-order valence-electron chi connectivity index (χ4n) is 4.24. The van der Waals surface area contributed by atoms with E-state index in [-0.39, 0.29) is 23.4 Å². The first-order chi connectivity index (χ1) is 16.6. The number of carbonyl (C=O) groups is 2. The molecule has 1 saturated carbocycles. The molecule has 0 spiro atoms. The van der Waals surface area contributed by atoms with Crippen molar-refractivity contribution in [3.8, 4) is 0 Å². The summed E-state index contributed by atoms with van der Waals surface area (Å²) in [7, 11) is -2.50. The Bertz CT molecular complexity index is 1130. The fraction of sp³-hybridized carbons (Fsp3) is 0.462. The summed E-state index contributed by atoms with van der Waals surface area (Å²) < 4.78 is 27.1. The third-order valence-electron chi connectivity index (χ3n) is 6.45. The average molecular weight is 520 g/mol. The Morgan fingerprint density at radius 3 is 2.37 bits per heavy atom. The van der Waals surface area contributed by atoms with Crippen molar-refractivity contribution in [1.82, 2.24) is 14.5 Å². The highest BCUT2D eigenvalue weighted by molar-refractivity contribution is 7.89. The van der Waals surface area contributed by atoms with Crippen molar-refractivity contribution >= 4 is 33.4 Å². The smallest absolute Gasteiger partial charge is 0.243 e. The monoisotopic (exact) mass is 519 g/mol. The number of carbonyl (C=O) groups excluding carboxylic acids is 2. The summed E-state index contributed by atoms with van der Waals surface area (Å²) in [4.78, 5) is 28.0. The summed E-state index contributed by atoms with van der Waals surface area (Å²) in [6, 6.07) is 12.9. The molecule has 0 aromatic heterocycles. The summed E-state index contributed by atoms with van der Waals surface area (Å²) >= 11 is 6.13. The molecule has 0 radical (unpaired) electrons. The molecule has 35 heavy (non-hydrogen) atoms. The van der Waals surface area contributed by atoms with Gasteiger partial charge in [0.2, 0.25) is 21.8 Å². The minimum absolute atomic E-state index is 0.103. The van der Waals surface area contributed by atoms with E-state index in [1.165, 1.54) is 30.5 Å². The molecule has 0 heterocycles. The van der Waals surface area contributed by atoms with Crippen LogP contribution < -0.4 is 5.32 Å². The Morgan fingerprint density at radius 1 is 1.09 bits per heavy atom. The number of hydrogen-bond donors (Lipinski definition) is 1. The quantitative estimate of drug-likeness (QED) is 0.539. The summed E-state index contributed by atoms with van der Waals surface area (Å²) in [6.07, 6.45) is 5.18. The SMILES string of the molecule is Cc1ccc(S(=O)(=O)N(C)CC(=O)N(Cc2cccc(Cl)c2)C(C)C(=O)NC2CCCCC2)cc1. The van der Waals surface area contributed by atoms with Gasteiger partial charge in [-0.2, -0.15) is 4.31 Å². The molecule has 2 aromatic carbocycles. The van der Waals surface area contributed by atoms with Gasteiger partial charge in [0.05, 0.1) is 11.4 Å². The maximum Gasteiger partial charge on any atom is 0.243 e. The molecular formula is C26H34ClN3O4S. The van der Waals surface area contributed by atoms with Gasteiger partial charge in [-0.25, -0.2) is 8.42 Å².